The minimum absolute atomic E-state index is 0.224. The van der Waals surface area contributed by atoms with Crippen LogP contribution >= 0.6 is 0 Å². The fraction of sp³-hybridized carbons (Fsp3) is 0.238. The van der Waals surface area contributed by atoms with Gasteiger partial charge >= 0.3 is 0 Å². The van der Waals surface area contributed by atoms with Crippen LogP contribution in [0.1, 0.15) is 46.2 Å². The molecule has 1 amide bonds. The second-order valence-corrected chi connectivity index (χ2v) is 7.35. The summed E-state index contributed by atoms with van der Waals surface area (Å²) in [5, 5.41) is 10.7. The van der Waals surface area contributed by atoms with Crippen LogP contribution in [0.3, 0.4) is 0 Å². The van der Waals surface area contributed by atoms with Gasteiger partial charge < -0.3 is 10.3 Å². The Morgan fingerprint density at radius 3 is 2.79 bits per heavy atom. The normalized spacial score (nSPS) is 13.8. The topological polar surface area (TPSA) is 99.4 Å². The summed E-state index contributed by atoms with van der Waals surface area (Å²) in [5.41, 5.74) is 6.81. The molecule has 3 N–H and O–H groups in total. The highest BCUT2D eigenvalue weighted by Gasteiger charge is 2.25. The van der Waals surface area contributed by atoms with Crippen LogP contribution in [0.5, 0.6) is 0 Å². The monoisotopic (exact) mass is 372 g/mol. The first kappa shape index (κ1) is 16.7. The molecular weight excluding hydrogens is 352 g/mol. The number of aromatic nitrogens is 5. The summed E-state index contributed by atoms with van der Waals surface area (Å²) < 4.78 is 0. The molecule has 7 nitrogen and oxygen atoms in total. The van der Waals surface area contributed by atoms with Crippen LogP contribution in [-0.2, 0) is 0 Å². The molecule has 0 saturated heterocycles. The first-order chi connectivity index (χ1) is 13.6. The number of carbonyl (C=O) groups excluding carboxylic acids is 1. The lowest BCUT2D eigenvalue weighted by Crippen LogP contribution is -2.13. The van der Waals surface area contributed by atoms with Gasteiger partial charge in [0.25, 0.3) is 5.91 Å². The number of amides is 1. The van der Waals surface area contributed by atoms with Gasteiger partial charge in [0.05, 0.1) is 17.6 Å². The van der Waals surface area contributed by atoms with Crippen LogP contribution in [0, 0.1) is 13.8 Å². The number of aromatic amines is 2. The SMILES string of the molecule is Cc1n[nH]c(C(=O)Nc2cnc3[nH]c(-c4ccnc(C5CC5)c4)cc3c2)c1C. The number of anilines is 1. The Morgan fingerprint density at radius 1 is 1.18 bits per heavy atom. The molecule has 4 aromatic heterocycles. The summed E-state index contributed by atoms with van der Waals surface area (Å²) in [6.07, 6.45) is 5.97. The van der Waals surface area contributed by atoms with Gasteiger partial charge in [0.2, 0.25) is 0 Å². The molecule has 0 radical (unpaired) electrons. The first-order valence-electron chi connectivity index (χ1n) is 9.36. The number of aryl methyl sites for hydroxylation is 1. The van der Waals surface area contributed by atoms with Gasteiger partial charge in [-0.05, 0) is 51.0 Å². The molecule has 7 heteroatoms. The average molecular weight is 372 g/mol. The van der Waals surface area contributed by atoms with E-state index in [2.05, 4.69) is 42.6 Å². The van der Waals surface area contributed by atoms with Crippen LogP contribution in [0.2, 0.25) is 0 Å². The predicted octanol–water partition coefficient (Wildman–Crippen LogP) is 4.09. The molecular formula is C21H20N6O. The van der Waals surface area contributed by atoms with E-state index < -0.39 is 0 Å². The molecule has 1 fully saturated rings. The molecule has 4 aromatic rings. The van der Waals surface area contributed by atoms with Gasteiger partial charge in [-0.1, -0.05) is 0 Å². The van der Waals surface area contributed by atoms with Gasteiger partial charge in [0, 0.05) is 40.0 Å². The molecule has 0 aromatic carbocycles. The van der Waals surface area contributed by atoms with Crippen LogP contribution in [0.15, 0.2) is 36.7 Å². The molecule has 0 aliphatic heterocycles. The quantitative estimate of drug-likeness (QED) is 0.502. The fourth-order valence-corrected chi connectivity index (χ4v) is 3.36. The molecule has 5 rings (SSSR count). The van der Waals surface area contributed by atoms with Gasteiger partial charge in [0.1, 0.15) is 11.3 Å². The minimum Gasteiger partial charge on any atom is -0.339 e. The lowest BCUT2D eigenvalue weighted by molar-refractivity contribution is 0.102. The minimum atomic E-state index is -0.224. The van der Waals surface area contributed by atoms with Crippen molar-refractivity contribution in [3.05, 3.63) is 59.3 Å². The maximum Gasteiger partial charge on any atom is 0.273 e. The summed E-state index contributed by atoms with van der Waals surface area (Å²) in [6, 6.07) is 8.12. The third-order valence-corrected chi connectivity index (χ3v) is 5.30. The van der Waals surface area contributed by atoms with Gasteiger partial charge in [-0.3, -0.25) is 14.9 Å². The summed E-state index contributed by atoms with van der Waals surface area (Å²) in [4.78, 5) is 24.8. The van der Waals surface area contributed by atoms with Crippen LogP contribution < -0.4 is 5.32 Å². The van der Waals surface area contributed by atoms with E-state index in [0.717, 1.165) is 39.2 Å². The smallest absolute Gasteiger partial charge is 0.273 e. The van der Waals surface area contributed by atoms with E-state index in [1.54, 1.807) is 6.20 Å². The fourth-order valence-electron chi connectivity index (χ4n) is 3.36. The average Bonchev–Trinajstić information content (AvgIpc) is 3.38. The molecule has 28 heavy (non-hydrogen) atoms. The van der Waals surface area contributed by atoms with E-state index in [-0.39, 0.29) is 5.91 Å². The van der Waals surface area contributed by atoms with E-state index in [1.165, 1.54) is 12.8 Å². The van der Waals surface area contributed by atoms with Gasteiger partial charge in [0.15, 0.2) is 0 Å². The van der Waals surface area contributed by atoms with Crippen molar-refractivity contribution < 1.29 is 4.79 Å². The molecule has 0 atom stereocenters. The number of hydrogen-bond donors (Lipinski definition) is 3. The zero-order chi connectivity index (χ0) is 19.3. The van der Waals surface area contributed by atoms with Crippen molar-refractivity contribution >= 4 is 22.6 Å². The Labute approximate surface area is 161 Å². The number of carbonyl (C=O) groups is 1. The maximum atomic E-state index is 12.5. The van der Waals surface area contributed by atoms with Crippen molar-refractivity contribution in [2.75, 3.05) is 5.32 Å². The van der Waals surface area contributed by atoms with Gasteiger partial charge in [-0.15, -0.1) is 0 Å². The third kappa shape index (κ3) is 2.94. The van der Waals surface area contributed by atoms with Crippen molar-refractivity contribution in [2.24, 2.45) is 0 Å². The van der Waals surface area contributed by atoms with E-state index in [9.17, 15) is 4.79 Å². The molecule has 1 saturated carbocycles. The number of pyridine rings is 2. The Morgan fingerprint density at radius 2 is 2.04 bits per heavy atom. The summed E-state index contributed by atoms with van der Waals surface area (Å²) in [6.45, 7) is 3.74. The molecule has 0 bridgehead atoms. The Bertz CT molecular complexity index is 1200. The highest BCUT2D eigenvalue weighted by molar-refractivity contribution is 6.04. The van der Waals surface area contributed by atoms with Crippen LogP contribution in [0.25, 0.3) is 22.3 Å². The van der Waals surface area contributed by atoms with Crippen molar-refractivity contribution in [1.29, 1.82) is 0 Å². The maximum absolute atomic E-state index is 12.5. The van der Waals surface area contributed by atoms with Crippen LogP contribution in [0.4, 0.5) is 5.69 Å². The van der Waals surface area contributed by atoms with Crippen LogP contribution in [-0.4, -0.2) is 31.1 Å². The van der Waals surface area contributed by atoms with Gasteiger partial charge in [-0.25, -0.2) is 4.98 Å². The van der Waals surface area contributed by atoms with E-state index in [0.29, 0.717) is 17.3 Å². The second kappa shape index (κ2) is 6.30. The molecule has 0 spiro atoms. The lowest BCUT2D eigenvalue weighted by atomic mass is 10.1. The molecule has 1 aliphatic carbocycles. The van der Waals surface area contributed by atoms with E-state index >= 15 is 0 Å². The number of fused-ring (bicyclic) bond motifs is 1. The Kier molecular flexibility index (Phi) is 3.75. The molecule has 140 valence electrons. The highest BCUT2D eigenvalue weighted by atomic mass is 16.1. The number of nitrogens with one attached hydrogen (secondary N) is 3. The highest BCUT2D eigenvalue weighted by Crippen LogP contribution is 2.40. The zero-order valence-electron chi connectivity index (χ0n) is 15.7. The number of H-pyrrole nitrogens is 2. The third-order valence-electron chi connectivity index (χ3n) is 5.30. The summed E-state index contributed by atoms with van der Waals surface area (Å²) >= 11 is 0. The second-order valence-electron chi connectivity index (χ2n) is 7.35. The van der Waals surface area contributed by atoms with Crippen molar-refractivity contribution in [2.45, 2.75) is 32.6 Å². The van der Waals surface area contributed by atoms with E-state index in [1.807, 2.05) is 32.2 Å². The molecule has 4 heterocycles. The lowest BCUT2D eigenvalue weighted by Gasteiger charge is -2.04. The number of nitrogens with zero attached hydrogens (tertiary/aromatic N) is 3. The Balaban J connectivity index is 1.43. The molecule has 1 aliphatic rings. The Hall–Kier alpha value is -3.48. The first-order valence-corrected chi connectivity index (χ1v) is 9.36. The summed E-state index contributed by atoms with van der Waals surface area (Å²) in [7, 11) is 0. The summed E-state index contributed by atoms with van der Waals surface area (Å²) in [5.74, 6) is 0.386. The molecule has 0 unspecified atom stereocenters. The van der Waals surface area contributed by atoms with Gasteiger partial charge in [-0.2, -0.15) is 5.10 Å². The predicted molar refractivity (Wildman–Crippen MR) is 107 cm³/mol. The number of hydrogen-bond acceptors (Lipinski definition) is 4. The van der Waals surface area contributed by atoms with Crippen molar-refractivity contribution in [3.63, 3.8) is 0 Å². The van der Waals surface area contributed by atoms with E-state index in [4.69, 9.17) is 0 Å². The zero-order valence-corrected chi connectivity index (χ0v) is 15.7. The number of rotatable bonds is 4. The standard InChI is InChI=1S/C21H20N6O/c1-11-12(2)26-27-19(11)21(28)24-16-7-15-9-18(25-20(15)23-10-16)14-5-6-22-17(8-14)13-3-4-13/h5-10,13H,3-4H2,1-2H3,(H,23,25)(H,24,28)(H,26,27). The van der Waals surface area contributed by atoms with Crippen molar-refractivity contribution in [3.8, 4) is 11.3 Å². The largest absolute Gasteiger partial charge is 0.339 e. The van der Waals surface area contributed by atoms with Crippen molar-refractivity contribution in [1.82, 2.24) is 25.1 Å².